The van der Waals surface area contributed by atoms with Crippen LogP contribution >= 0.6 is 11.3 Å². The molecular weight excluding hydrogens is 326 g/mol. The molecule has 0 unspecified atom stereocenters. The molecule has 1 aliphatic rings. The number of carbonyl (C=O) groups is 1. The summed E-state index contributed by atoms with van der Waals surface area (Å²) >= 11 is 1.49. The van der Waals surface area contributed by atoms with Gasteiger partial charge in [-0.15, -0.1) is 10.2 Å². The minimum absolute atomic E-state index is 0.0776. The van der Waals surface area contributed by atoms with Crippen molar-refractivity contribution in [2.45, 2.75) is 19.9 Å². The largest absolute Gasteiger partial charge is 0.469 e. The van der Waals surface area contributed by atoms with E-state index in [9.17, 15) is 4.79 Å². The van der Waals surface area contributed by atoms with Crippen LogP contribution in [0.4, 0.5) is 0 Å². The van der Waals surface area contributed by atoms with Gasteiger partial charge in [-0.2, -0.15) is 0 Å². The summed E-state index contributed by atoms with van der Waals surface area (Å²) in [6, 6.07) is 3.53. The molecule has 0 saturated carbocycles. The molecule has 1 fully saturated rings. The van der Waals surface area contributed by atoms with E-state index in [1.807, 2.05) is 11.8 Å². The normalized spacial score (nSPS) is 16.0. The van der Waals surface area contributed by atoms with E-state index in [4.69, 9.17) is 4.74 Å². The number of hydrogen-bond acceptors (Lipinski definition) is 7. The first kappa shape index (κ1) is 16.8. The zero-order valence-electron chi connectivity index (χ0n) is 13.7. The Kier molecular flexibility index (Phi) is 5.71. The van der Waals surface area contributed by atoms with Crippen molar-refractivity contribution in [3.05, 3.63) is 35.1 Å². The summed E-state index contributed by atoms with van der Waals surface area (Å²) in [6.07, 6.45) is 4.26. The maximum absolute atomic E-state index is 12.5. The number of amides is 1. The summed E-state index contributed by atoms with van der Waals surface area (Å²) in [7, 11) is 0. The molecule has 0 spiro atoms. The summed E-state index contributed by atoms with van der Waals surface area (Å²) in [4.78, 5) is 20.7. The molecule has 2 aromatic rings. The van der Waals surface area contributed by atoms with Gasteiger partial charge in [-0.05, 0) is 25.5 Å². The Bertz CT molecular complexity index is 663. The fraction of sp³-hybridized carbons (Fsp3) is 0.500. The van der Waals surface area contributed by atoms with Gasteiger partial charge in [0.2, 0.25) is 0 Å². The fourth-order valence-electron chi connectivity index (χ4n) is 2.68. The van der Waals surface area contributed by atoms with Gasteiger partial charge in [-0.3, -0.25) is 14.7 Å². The lowest BCUT2D eigenvalue weighted by Crippen LogP contribution is -2.35. The third-order valence-corrected chi connectivity index (χ3v) is 4.70. The van der Waals surface area contributed by atoms with Gasteiger partial charge in [0.1, 0.15) is 5.01 Å². The third kappa shape index (κ3) is 4.27. The molecular formula is C16H21N5O2S. The molecule has 3 heterocycles. The van der Waals surface area contributed by atoms with Crippen molar-refractivity contribution in [1.82, 2.24) is 25.0 Å². The molecule has 0 bridgehead atoms. The summed E-state index contributed by atoms with van der Waals surface area (Å²) in [5.74, 6) is 0.0776. The highest BCUT2D eigenvalue weighted by Crippen LogP contribution is 2.20. The summed E-state index contributed by atoms with van der Waals surface area (Å²) in [5.41, 5.74) is 0.698. The van der Waals surface area contributed by atoms with Crippen LogP contribution in [0.1, 0.15) is 28.7 Å². The average molecular weight is 347 g/mol. The topological polar surface area (TPSA) is 71.5 Å². The first-order valence-corrected chi connectivity index (χ1v) is 8.94. The number of hydrogen-bond donors (Lipinski definition) is 0. The van der Waals surface area contributed by atoms with Crippen LogP contribution in [0.3, 0.4) is 0 Å². The molecule has 0 aliphatic carbocycles. The van der Waals surface area contributed by atoms with Gasteiger partial charge in [-0.25, -0.2) is 0 Å². The van der Waals surface area contributed by atoms with Crippen LogP contribution in [0.25, 0.3) is 0 Å². The molecule has 1 aliphatic heterocycles. The van der Waals surface area contributed by atoms with E-state index >= 15 is 0 Å². The van der Waals surface area contributed by atoms with Crippen LogP contribution in [-0.2, 0) is 6.54 Å². The second kappa shape index (κ2) is 8.16. The first-order valence-electron chi connectivity index (χ1n) is 8.13. The number of rotatable bonds is 5. The van der Waals surface area contributed by atoms with Crippen molar-refractivity contribution in [2.75, 3.05) is 32.8 Å². The van der Waals surface area contributed by atoms with Crippen molar-refractivity contribution < 1.29 is 9.53 Å². The van der Waals surface area contributed by atoms with Crippen molar-refractivity contribution in [1.29, 1.82) is 0 Å². The number of nitrogens with zero attached hydrogens (tertiary/aromatic N) is 5. The molecule has 24 heavy (non-hydrogen) atoms. The van der Waals surface area contributed by atoms with E-state index in [1.165, 1.54) is 11.3 Å². The zero-order chi connectivity index (χ0) is 16.8. The fourth-order valence-corrected chi connectivity index (χ4v) is 3.47. The van der Waals surface area contributed by atoms with Crippen LogP contribution in [0, 0.1) is 0 Å². The quantitative estimate of drug-likeness (QED) is 0.819. The van der Waals surface area contributed by atoms with Crippen molar-refractivity contribution >= 4 is 17.2 Å². The highest BCUT2D eigenvalue weighted by Gasteiger charge is 2.21. The van der Waals surface area contributed by atoms with Crippen LogP contribution in [-0.4, -0.2) is 63.7 Å². The lowest BCUT2D eigenvalue weighted by Gasteiger charge is -2.21. The molecule has 0 radical (unpaired) electrons. The van der Waals surface area contributed by atoms with Crippen molar-refractivity contribution in [2.24, 2.45) is 0 Å². The highest BCUT2D eigenvalue weighted by atomic mass is 32.1. The van der Waals surface area contributed by atoms with E-state index in [0.717, 1.165) is 44.2 Å². The van der Waals surface area contributed by atoms with E-state index in [-0.39, 0.29) is 5.91 Å². The standard InChI is InChI=1S/C16H21N5O2S/c1-2-23-16-19-18-14(24-16)12-20-8-3-9-21(11-10-20)15(22)13-4-6-17-7-5-13/h4-7H,2-3,8-12H2,1H3. The van der Waals surface area contributed by atoms with Gasteiger partial charge >= 0.3 is 0 Å². The molecule has 8 heteroatoms. The SMILES string of the molecule is CCOc1nnc(CN2CCCN(C(=O)c3ccncc3)CC2)s1. The number of pyridine rings is 1. The molecule has 128 valence electrons. The van der Waals surface area contributed by atoms with E-state index in [2.05, 4.69) is 20.1 Å². The van der Waals surface area contributed by atoms with Gasteiger partial charge < -0.3 is 9.64 Å². The van der Waals surface area contributed by atoms with Crippen LogP contribution in [0.15, 0.2) is 24.5 Å². The van der Waals surface area contributed by atoms with E-state index in [0.29, 0.717) is 17.4 Å². The summed E-state index contributed by atoms with van der Waals surface area (Å²) in [6.45, 7) is 6.57. The molecule has 0 aromatic carbocycles. The molecule has 0 atom stereocenters. The summed E-state index contributed by atoms with van der Waals surface area (Å²) < 4.78 is 5.37. The molecule has 1 saturated heterocycles. The Hall–Kier alpha value is -2.06. The second-order valence-corrected chi connectivity index (χ2v) is 6.58. The zero-order valence-corrected chi connectivity index (χ0v) is 14.5. The highest BCUT2D eigenvalue weighted by molar-refractivity contribution is 7.13. The van der Waals surface area contributed by atoms with Gasteiger partial charge in [0, 0.05) is 44.1 Å². The van der Waals surface area contributed by atoms with Gasteiger partial charge in [-0.1, -0.05) is 11.3 Å². The molecule has 1 amide bonds. The Morgan fingerprint density at radius 1 is 1.21 bits per heavy atom. The third-order valence-electron chi connectivity index (χ3n) is 3.88. The number of ether oxygens (including phenoxy) is 1. The lowest BCUT2D eigenvalue weighted by molar-refractivity contribution is 0.0761. The van der Waals surface area contributed by atoms with Gasteiger partial charge in [0.05, 0.1) is 13.2 Å². The number of carbonyl (C=O) groups excluding carboxylic acids is 1. The van der Waals surface area contributed by atoms with E-state index < -0.39 is 0 Å². The second-order valence-electron chi connectivity index (χ2n) is 5.55. The van der Waals surface area contributed by atoms with Crippen molar-refractivity contribution in [3.63, 3.8) is 0 Å². The monoisotopic (exact) mass is 347 g/mol. The Labute approximate surface area is 145 Å². The summed E-state index contributed by atoms with van der Waals surface area (Å²) in [5, 5.41) is 9.78. The molecule has 3 rings (SSSR count). The maximum atomic E-state index is 12.5. The van der Waals surface area contributed by atoms with Gasteiger partial charge in [0.15, 0.2) is 0 Å². The maximum Gasteiger partial charge on any atom is 0.294 e. The van der Waals surface area contributed by atoms with Gasteiger partial charge in [0.25, 0.3) is 11.1 Å². The Morgan fingerprint density at radius 2 is 2.04 bits per heavy atom. The smallest absolute Gasteiger partial charge is 0.294 e. The van der Waals surface area contributed by atoms with Crippen LogP contribution in [0.5, 0.6) is 5.19 Å². The van der Waals surface area contributed by atoms with Crippen LogP contribution in [0.2, 0.25) is 0 Å². The predicted octanol–water partition coefficient (Wildman–Crippen LogP) is 1.68. The predicted molar refractivity (Wildman–Crippen MR) is 91.1 cm³/mol. The Morgan fingerprint density at radius 3 is 2.83 bits per heavy atom. The average Bonchev–Trinajstić information content (AvgIpc) is 2.91. The molecule has 7 nitrogen and oxygen atoms in total. The van der Waals surface area contributed by atoms with Crippen molar-refractivity contribution in [3.8, 4) is 5.19 Å². The van der Waals surface area contributed by atoms with Crippen LogP contribution < -0.4 is 4.74 Å². The minimum atomic E-state index is 0.0776. The Balaban J connectivity index is 1.55. The molecule has 2 aromatic heterocycles. The lowest BCUT2D eigenvalue weighted by atomic mass is 10.2. The molecule has 0 N–H and O–H groups in total. The first-order chi connectivity index (χ1) is 11.8. The van der Waals surface area contributed by atoms with E-state index in [1.54, 1.807) is 24.5 Å². The minimum Gasteiger partial charge on any atom is -0.469 e. The number of aromatic nitrogens is 3.